The van der Waals surface area contributed by atoms with Crippen molar-refractivity contribution in [3.63, 3.8) is 0 Å². The average Bonchev–Trinajstić information content (AvgIpc) is 3.36. The van der Waals surface area contributed by atoms with E-state index < -0.39 is 11.6 Å². The van der Waals surface area contributed by atoms with E-state index >= 15 is 0 Å². The standard InChI is InChI=1S/C30H39N5O5/c1-6-7-21(16-19(2)36)27-26-24(23-17-22(40-5)8-9-25(23)31-26)18-30(4)28(38)34(29(39)35(27)30)15-12-32-10-13-33(14-11-32)20(3)37/h7-9,16-17,27,31,36H,6,10-15,18H2,1-5H3/b19-16+,21-7+/t27-,30+/m1/s1. The van der Waals surface area contributed by atoms with Crippen molar-refractivity contribution >= 4 is 28.7 Å². The molecule has 0 unspecified atom stereocenters. The van der Waals surface area contributed by atoms with Gasteiger partial charge in [-0.05, 0) is 55.7 Å². The Morgan fingerprint density at radius 1 is 1.18 bits per heavy atom. The predicted molar refractivity (Wildman–Crippen MR) is 152 cm³/mol. The van der Waals surface area contributed by atoms with Gasteiger partial charge in [-0.1, -0.05) is 13.0 Å². The Labute approximate surface area is 234 Å². The van der Waals surface area contributed by atoms with Crippen LogP contribution >= 0.6 is 0 Å². The molecule has 0 bridgehead atoms. The number of rotatable bonds is 7. The highest BCUT2D eigenvalue weighted by molar-refractivity contribution is 6.08. The highest BCUT2D eigenvalue weighted by Crippen LogP contribution is 2.49. The summed E-state index contributed by atoms with van der Waals surface area (Å²) in [5.74, 6) is 0.699. The van der Waals surface area contributed by atoms with Crippen LogP contribution in [0.5, 0.6) is 5.75 Å². The summed E-state index contributed by atoms with van der Waals surface area (Å²) in [5, 5.41) is 11.2. The topological polar surface area (TPSA) is 109 Å². The van der Waals surface area contributed by atoms with Gasteiger partial charge in [0.1, 0.15) is 17.3 Å². The van der Waals surface area contributed by atoms with Gasteiger partial charge < -0.3 is 19.7 Å². The Balaban J connectivity index is 1.52. The number of carbonyl (C=O) groups excluding carboxylic acids is 3. The number of ether oxygens (including phenoxy) is 1. The summed E-state index contributed by atoms with van der Waals surface area (Å²) >= 11 is 0. The SMILES string of the molecule is CC/C=C(\C=C(/C)O)[C@@H]1c2[nH]c3ccc(OC)cc3c2C[C@@]2(C)C(=O)N(CCN3CCN(C(C)=O)CC3)C(=O)N12. The normalized spacial score (nSPS) is 24.1. The highest BCUT2D eigenvalue weighted by Gasteiger charge is 2.60. The lowest BCUT2D eigenvalue weighted by molar-refractivity contribution is -0.133. The first-order chi connectivity index (χ1) is 19.1. The molecular weight excluding hydrogens is 510 g/mol. The first kappa shape index (κ1) is 27.8. The van der Waals surface area contributed by atoms with Gasteiger partial charge in [-0.2, -0.15) is 0 Å². The number of urea groups is 1. The van der Waals surface area contributed by atoms with Crippen LogP contribution < -0.4 is 4.74 Å². The lowest BCUT2D eigenvalue weighted by atomic mass is 9.80. The van der Waals surface area contributed by atoms with Gasteiger partial charge in [0.25, 0.3) is 5.91 Å². The summed E-state index contributed by atoms with van der Waals surface area (Å²) in [4.78, 5) is 50.6. The van der Waals surface area contributed by atoms with Crippen LogP contribution in [0.25, 0.3) is 10.9 Å². The van der Waals surface area contributed by atoms with Crippen LogP contribution in [0, 0.1) is 0 Å². The molecule has 4 amide bonds. The van der Waals surface area contributed by atoms with E-state index in [-0.39, 0.29) is 30.1 Å². The second kappa shape index (κ2) is 10.6. The maximum atomic E-state index is 14.1. The van der Waals surface area contributed by atoms with Crippen molar-refractivity contribution in [1.82, 2.24) is 24.6 Å². The summed E-state index contributed by atoms with van der Waals surface area (Å²) in [7, 11) is 1.63. The first-order valence-corrected chi connectivity index (χ1v) is 14.0. The maximum absolute atomic E-state index is 14.1. The number of aliphatic hydroxyl groups is 1. The van der Waals surface area contributed by atoms with Gasteiger partial charge in [0.05, 0.1) is 12.9 Å². The fourth-order valence-corrected chi connectivity index (χ4v) is 6.42. The number of carbonyl (C=O) groups is 3. The number of benzene rings is 1. The summed E-state index contributed by atoms with van der Waals surface area (Å²) in [6.45, 7) is 10.6. The quantitative estimate of drug-likeness (QED) is 0.309. The third-order valence-electron chi connectivity index (χ3n) is 8.46. The molecule has 3 aliphatic heterocycles. The summed E-state index contributed by atoms with van der Waals surface area (Å²) in [6, 6.07) is 4.91. The summed E-state index contributed by atoms with van der Waals surface area (Å²) < 4.78 is 5.49. The smallest absolute Gasteiger partial charge is 0.328 e. The Morgan fingerprint density at radius 2 is 1.90 bits per heavy atom. The Morgan fingerprint density at radius 3 is 2.52 bits per heavy atom. The van der Waals surface area contributed by atoms with Crippen molar-refractivity contribution in [2.24, 2.45) is 0 Å². The molecule has 0 radical (unpaired) electrons. The van der Waals surface area contributed by atoms with Crippen LogP contribution in [0.15, 0.2) is 41.7 Å². The Hall–Kier alpha value is -3.79. The Kier molecular flexibility index (Phi) is 7.39. The van der Waals surface area contributed by atoms with Crippen molar-refractivity contribution in [2.45, 2.75) is 52.1 Å². The molecule has 2 aromatic rings. The second-order valence-electron chi connectivity index (χ2n) is 11.1. The third kappa shape index (κ3) is 4.64. The lowest BCUT2D eigenvalue weighted by Gasteiger charge is -2.42. The largest absolute Gasteiger partial charge is 0.513 e. The monoisotopic (exact) mass is 549 g/mol. The number of amides is 4. The molecule has 2 saturated heterocycles. The zero-order chi connectivity index (χ0) is 28.8. The van der Waals surface area contributed by atoms with E-state index in [9.17, 15) is 19.5 Å². The number of methoxy groups -OCH3 is 1. The lowest BCUT2D eigenvalue weighted by Crippen LogP contribution is -2.53. The molecule has 2 atom stereocenters. The summed E-state index contributed by atoms with van der Waals surface area (Å²) in [5.41, 5.74) is 2.40. The maximum Gasteiger partial charge on any atom is 0.328 e. The molecule has 0 saturated carbocycles. The number of aromatic amines is 1. The molecule has 10 nitrogen and oxygen atoms in total. The molecule has 3 aliphatic rings. The van der Waals surface area contributed by atoms with Gasteiger partial charge in [-0.15, -0.1) is 0 Å². The van der Waals surface area contributed by atoms with Gasteiger partial charge >= 0.3 is 6.03 Å². The van der Waals surface area contributed by atoms with Crippen LogP contribution in [0.3, 0.4) is 0 Å². The zero-order valence-corrected chi connectivity index (χ0v) is 24.0. The highest BCUT2D eigenvalue weighted by atomic mass is 16.5. The molecule has 214 valence electrons. The number of fused-ring (bicyclic) bond motifs is 4. The van der Waals surface area contributed by atoms with Crippen molar-refractivity contribution in [1.29, 1.82) is 0 Å². The van der Waals surface area contributed by atoms with Crippen LogP contribution in [0.2, 0.25) is 0 Å². The van der Waals surface area contributed by atoms with Crippen LogP contribution in [0.1, 0.15) is 51.4 Å². The van der Waals surface area contributed by atoms with Crippen LogP contribution in [0.4, 0.5) is 4.79 Å². The van der Waals surface area contributed by atoms with Gasteiger partial charge in [-0.25, -0.2) is 4.79 Å². The van der Waals surface area contributed by atoms with E-state index in [0.29, 0.717) is 51.3 Å². The van der Waals surface area contributed by atoms with E-state index in [4.69, 9.17) is 4.74 Å². The van der Waals surface area contributed by atoms with E-state index in [1.807, 2.05) is 43.0 Å². The number of hydrogen-bond acceptors (Lipinski definition) is 6. The molecule has 40 heavy (non-hydrogen) atoms. The average molecular weight is 550 g/mol. The number of H-pyrrole nitrogens is 1. The minimum atomic E-state index is -1.09. The van der Waals surface area contributed by atoms with E-state index in [2.05, 4.69) is 9.88 Å². The third-order valence-corrected chi connectivity index (χ3v) is 8.46. The predicted octanol–water partition coefficient (Wildman–Crippen LogP) is 3.76. The zero-order valence-electron chi connectivity index (χ0n) is 24.0. The molecule has 1 aromatic heterocycles. The molecule has 2 N–H and O–H groups in total. The fraction of sp³-hybridized carbons (Fsp3) is 0.500. The van der Waals surface area contributed by atoms with Crippen molar-refractivity contribution in [2.75, 3.05) is 46.4 Å². The fourth-order valence-electron chi connectivity index (χ4n) is 6.42. The van der Waals surface area contributed by atoms with Crippen molar-refractivity contribution in [3.8, 4) is 5.75 Å². The van der Waals surface area contributed by atoms with Gasteiger partial charge in [-0.3, -0.25) is 24.3 Å². The molecule has 4 heterocycles. The minimum Gasteiger partial charge on any atom is -0.513 e. The number of hydrogen-bond donors (Lipinski definition) is 2. The molecule has 2 fully saturated rings. The van der Waals surface area contributed by atoms with E-state index in [1.54, 1.807) is 31.9 Å². The van der Waals surface area contributed by atoms with Crippen LogP contribution in [-0.2, 0) is 16.0 Å². The molecule has 10 heteroatoms. The Bertz CT molecular complexity index is 1400. The summed E-state index contributed by atoms with van der Waals surface area (Å²) in [6.07, 6.45) is 4.75. The molecular formula is C30H39N5O5. The number of imide groups is 1. The van der Waals surface area contributed by atoms with E-state index in [1.165, 1.54) is 4.90 Å². The molecule has 1 aromatic carbocycles. The number of nitrogens with zero attached hydrogens (tertiary/aromatic N) is 4. The van der Waals surface area contributed by atoms with Crippen molar-refractivity contribution < 1.29 is 24.2 Å². The molecule has 0 spiro atoms. The number of piperazine rings is 1. The number of allylic oxidation sites excluding steroid dienone is 2. The number of aromatic nitrogens is 1. The molecule has 0 aliphatic carbocycles. The minimum absolute atomic E-state index is 0.0665. The van der Waals surface area contributed by atoms with Gasteiger partial charge in [0.15, 0.2) is 0 Å². The first-order valence-electron chi connectivity index (χ1n) is 14.0. The van der Waals surface area contributed by atoms with Crippen molar-refractivity contribution in [3.05, 3.63) is 52.9 Å². The second-order valence-corrected chi connectivity index (χ2v) is 11.1. The van der Waals surface area contributed by atoms with E-state index in [0.717, 1.165) is 27.7 Å². The van der Waals surface area contributed by atoms with Crippen LogP contribution in [-0.4, -0.2) is 99.5 Å². The number of aliphatic hydroxyl groups excluding tert-OH is 1. The van der Waals surface area contributed by atoms with Gasteiger partial charge in [0.2, 0.25) is 5.91 Å². The number of nitrogens with one attached hydrogen (secondary N) is 1. The molecule has 5 rings (SSSR count). The van der Waals surface area contributed by atoms with Gasteiger partial charge in [0, 0.05) is 69.2 Å².